The Morgan fingerprint density at radius 2 is 1.86 bits per heavy atom. The van der Waals surface area contributed by atoms with Crippen LogP contribution in [0.2, 0.25) is 10.0 Å². The van der Waals surface area contributed by atoms with Crippen molar-refractivity contribution in [1.82, 2.24) is 0 Å². The zero-order chi connectivity index (χ0) is 15.7. The van der Waals surface area contributed by atoms with Gasteiger partial charge in [-0.2, -0.15) is 0 Å². The molecular formula is C17H25Cl2NS. The van der Waals surface area contributed by atoms with Crippen molar-refractivity contribution in [1.29, 1.82) is 0 Å². The molecule has 1 aromatic rings. The molecule has 0 saturated carbocycles. The van der Waals surface area contributed by atoms with Crippen LogP contribution in [-0.4, -0.2) is 4.99 Å². The van der Waals surface area contributed by atoms with Gasteiger partial charge in [0.25, 0.3) is 0 Å². The lowest BCUT2D eigenvalue weighted by Crippen LogP contribution is -2.20. The minimum atomic E-state index is 0.414. The van der Waals surface area contributed by atoms with Gasteiger partial charge < -0.3 is 5.32 Å². The summed E-state index contributed by atoms with van der Waals surface area (Å²) in [6.45, 7) is 4.42. The van der Waals surface area contributed by atoms with E-state index in [0.717, 1.165) is 23.5 Å². The van der Waals surface area contributed by atoms with Crippen LogP contribution >= 0.6 is 35.4 Å². The van der Waals surface area contributed by atoms with Crippen molar-refractivity contribution in [3.05, 3.63) is 28.2 Å². The maximum atomic E-state index is 6.17. The lowest BCUT2D eigenvalue weighted by Gasteiger charge is -2.18. The predicted octanol–water partition coefficient (Wildman–Crippen LogP) is 7.12. The molecule has 0 spiro atoms. The SMILES string of the molecule is CCCCCCCC(CC)C(=S)Nc1cc(Cl)ccc1Cl. The van der Waals surface area contributed by atoms with E-state index in [1.54, 1.807) is 12.1 Å². The molecule has 1 N–H and O–H groups in total. The van der Waals surface area contributed by atoms with Crippen molar-refractivity contribution in [3.63, 3.8) is 0 Å². The molecule has 0 aliphatic rings. The average Bonchev–Trinajstić information content (AvgIpc) is 2.46. The summed E-state index contributed by atoms with van der Waals surface area (Å²) in [5.74, 6) is 0.414. The minimum Gasteiger partial charge on any atom is -0.349 e. The molecule has 0 radical (unpaired) electrons. The highest BCUT2D eigenvalue weighted by molar-refractivity contribution is 7.80. The summed E-state index contributed by atoms with van der Waals surface area (Å²) < 4.78 is 0. The van der Waals surface area contributed by atoms with E-state index in [9.17, 15) is 0 Å². The molecule has 1 aromatic carbocycles. The van der Waals surface area contributed by atoms with E-state index >= 15 is 0 Å². The first-order valence-corrected chi connectivity index (χ1v) is 9.00. The van der Waals surface area contributed by atoms with Crippen LogP contribution in [-0.2, 0) is 0 Å². The van der Waals surface area contributed by atoms with E-state index in [2.05, 4.69) is 19.2 Å². The van der Waals surface area contributed by atoms with Crippen LogP contribution in [0.5, 0.6) is 0 Å². The van der Waals surface area contributed by atoms with Crippen molar-refractivity contribution < 1.29 is 0 Å². The fourth-order valence-electron chi connectivity index (χ4n) is 2.34. The van der Waals surface area contributed by atoms with Gasteiger partial charge in [0.05, 0.1) is 15.7 Å². The third-order valence-electron chi connectivity index (χ3n) is 3.71. The Hall–Kier alpha value is -0.310. The summed E-state index contributed by atoms with van der Waals surface area (Å²) in [5.41, 5.74) is 0.804. The molecular weight excluding hydrogens is 321 g/mol. The molecule has 1 rings (SSSR count). The summed E-state index contributed by atoms with van der Waals surface area (Å²) in [6, 6.07) is 5.40. The van der Waals surface area contributed by atoms with Crippen molar-refractivity contribution in [2.45, 2.75) is 58.8 Å². The molecule has 4 heteroatoms. The highest BCUT2D eigenvalue weighted by atomic mass is 35.5. The number of anilines is 1. The van der Waals surface area contributed by atoms with E-state index in [1.165, 1.54) is 32.1 Å². The maximum absolute atomic E-state index is 6.17. The van der Waals surface area contributed by atoms with Gasteiger partial charge in [-0.25, -0.2) is 0 Å². The van der Waals surface area contributed by atoms with Crippen molar-refractivity contribution >= 4 is 46.1 Å². The number of hydrogen-bond acceptors (Lipinski definition) is 1. The van der Waals surface area contributed by atoms with Gasteiger partial charge in [0.15, 0.2) is 0 Å². The second-order valence-corrected chi connectivity index (χ2v) is 6.70. The van der Waals surface area contributed by atoms with Crippen molar-refractivity contribution in [2.75, 3.05) is 5.32 Å². The molecule has 118 valence electrons. The Balaban J connectivity index is 2.49. The van der Waals surface area contributed by atoms with Gasteiger partial charge >= 0.3 is 0 Å². The monoisotopic (exact) mass is 345 g/mol. The molecule has 0 aliphatic heterocycles. The smallest absolute Gasteiger partial charge is 0.0828 e. The molecule has 0 heterocycles. The molecule has 0 fully saturated rings. The molecule has 21 heavy (non-hydrogen) atoms. The zero-order valence-corrected chi connectivity index (χ0v) is 15.3. The van der Waals surface area contributed by atoms with E-state index in [4.69, 9.17) is 35.4 Å². The quantitative estimate of drug-likeness (QED) is 0.377. The molecule has 0 amide bonds. The Kier molecular flexibility index (Phi) is 9.30. The van der Waals surface area contributed by atoms with Gasteiger partial charge in [0, 0.05) is 10.9 Å². The van der Waals surface area contributed by atoms with Crippen LogP contribution in [0.15, 0.2) is 18.2 Å². The van der Waals surface area contributed by atoms with Crippen LogP contribution in [0, 0.1) is 5.92 Å². The van der Waals surface area contributed by atoms with Crippen LogP contribution in [0.3, 0.4) is 0 Å². The Labute approximate surface area is 144 Å². The second-order valence-electron chi connectivity index (χ2n) is 5.42. The second kappa shape index (κ2) is 10.4. The van der Waals surface area contributed by atoms with Gasteiger partial charge in [-0.05, 0) is 31.0 Å². The number of nitrogens with one attached hydrogen (secondary N) is 1. The highest BCUT2D eigenvalue weighted by Crippen LogP contribution is 2.27. The average molecular weight is 346 g/mol. The van der Waals surface area contributed by atoms with Crippen LogP contribution in [0.1, 0.15) is 58.8 Å². The Morgan fingerprint density at radius 1 is 1.14 bits per heavy atom. The molecule has 1 unspecified atom stereocenters. The lowest BCUT2D eigenvalue weighted by molar-refractivity contribution is 0.536. The fraction of sp³-hybridized carbons (Fsp3) is 0.588. The van der Waals surface area contributed by atoms with E-state index < -0.39 is 0 Å². The molecule has 0 aliphatic carbocycles. The summed E-state index contributed by atoms with van der Waals surface area (Å²) in [7, 11) is 0. The topological polar surface area (TPSA) is 12.0 Å². The van der Waals surface area contributed by atoms with Gasteiger partial charge in [-0.15, -0.1) is 0 Å². The minimum absolute atomic E-state index is 0.414. The third-order valence-corrected chi connectivity index (χ3v) is 4.71. The standard InChI is InChI=1S/C17H25Cl2NS/c1-3-5-6-7-8-9-13(4-2)17(21)20-16-12-14(18)10-11-15(16)19/h10-13H,3-9H2,1-2H3,(H,20,21). The summed E-state index contributed by atoms with van der Waals surface area (Å²) in [5, 5.41) is 4.59. The lowest BCUT2D eigenvalue weighted by atomic mass is 9.97. The predicted molar refractivity (Wildman–Crippen MR) is 99.8 cm³/mol. The summed E-state index contributed by atoms with van der Waals surface area (Å²) in [4.78, 5) is 0.872. The molecule has 1 nitrogen and oxygen atoms in total. The highest BCUT2D eigenvalue weighted by Gasteiger charge is 2.13. The normalized spacial score (nSPS) is 12.2. The number of hydrogen-bond donors (Lipinski definition) is 1. The number of unbranched alkanes of at least 4 members (excludes halogenated alkanes) is 4. The number of rotatable bonds is 9. The van der Waals surface area contributed by atoms with Crippen LogP contribution in [0.25, 0.3) is 0 Å². The summed E-state index contributed by atoms with van der Waals surface area (Å²) in [6.07, 6.45) is 8.67. The largest absolute Gasteiger partial charge is 0.349 e. The number of halogens is 2. The van der Waals surface area contributed by atoms with Gasteiger partial charge in [0.1, 0.15) is 0 Å². The van der Waals surface area contributed by atoms with E-state index in [0.29, 0.717) is 16.0 Å². The Bertz CT molecular complexity index is 448. The maximum Gasteiger partial charge on any atom is 0.0828 e. The number of benzene rings is 1. The first-order chi connectivity index (χ1) is 10.1. The Morgan fingerprint density at radius 3 is 2.52 bits per heavy atom. The van der Waals surface area contributed by atoms with E-state index in [-0.39, 0.29) is 0 Å². The van der Waals surface area contributed by atoms with Gasteiger partial charge in [-0.1, -0.05) is 81.4 Å². The van der Waals surface area contributed by atoms with Gasteiger partial charge in [-0.3, -0.25) is 0 Å². The fourth-order valence-corrected chi connectivity index (χ4v) is 3.07. The first kappa shape index (κ1) is 18.7. The molecule has 1 atom stereocenters. The molecule has 0 saturated heterocycles. The van der Waals surface area contributed by atoms with Crippen LogP contribution < -0.4 is 5.32 Å². The third kappa shape index (κ3) is 6.99. The number of thiocarbonyl (C=S) groups is 1. The van der Waals surface area contributed by atoms with E-state index in [1.807, 2.05) is 6.07 Å². The zero-order valence-electron chi connectivity index (χ0n) is 12.9. The summed E-state index contributed by atoms with van der Waals surface area (Å²) >= 11 is 17.7. The molecule has 0 bridgehead atoms. The van der Waals surface area contributed by atoms with Crippen molar-refractivity contribution in [2.24, 2.45) is 5.92 Å². The van der Waals surface area contributed by atoms with Crippen LogP contribution in [0.4, 0.5) is 5.69 Å². The van der Waals surface area contributed by atoms with Crippen molar-refractivity contribution in [3.8, 4) is 0 Å². The first-order valence-electron chi connectivity index (χ1n) is 7.84. The molecule has 0 aromatic heterocycles. The van der Waals surface area contributed by atoms with Gasteiger partial charge in [0.2, 0.25) is 0 Å².